The van der Waals surface area contributed by atoms with Crippen LogP contribution in [0.25, 0.3) is 10.9 Å². The monoisotopic (exact) mass is 434 g/mol. The number of ether oxygens (including phenoxy) is 1. The molecule has 0 amide bonds. The number of aromatic nitrogens is 2. The standard InChI is InChI=1S/C17H11F5N2O4S/c18-16(19)6-8-12(28-11-3-1-2-10-9(11)7-23-24-10)4-5-13(14(8)15(16)25)29(26,27)17(20,21)22/h1-5,7,15,25H,6H2,(H,23,24)/t15-/m0/s1. The van der Waals surface area contributed by atoms with E-state index in [0.717, 1.165) is 6.07 Å². The number of hydrogen-bond acceptors (Lipinski definition) is 5. The number of aromatic amines is 1. The van der Waals surface area contributed by atoms with Crippen LogP contribution in [0.2, 0.25) is 0 Å². The summed E-state index contributed by atoms with van der Waals surface area (Å²) >= 11 is 0. The lowest BCUT2D eigenvalue weighted by molar-refractivity contribution is -0.0978. The van der Waals surface area contributed by atoms with Crippen molar-refractivity contribution in [1.82, 2.24) is 10.2 Å². The van der Waals surface area contributed by atoms with Crippen molar-refractivity contribution in [2.24, 2.45) is 0 Å². The third kappa shape index (κ3) is 2.94. The van der Waals surface area contributed by atoms with Crippen molar-refractivity contribution >= 4 is 20.7 Å². The van der Waals surface area contributed by atoms with Gasteiger partial charge in [0, 0.05) is 17.5 Å². The molecule has 0 fully saturated rings. The summed E-state index contributed by atoms with van der Waals surface area (Å²) in [5.74, 6) is -3.99. The maximum absolute atomic E-state index is 14.1. The molecular formula is C17H11F5N2O4S. The van der Waals surface area contributed by atoms with Crippen LogP contribution in [0.15, 0.2) is 41.4 Å². The summed E-state index contributed by atoms with van der Waals surface area (Å²) in [7, 11) is -5.96. The molecule has 1 aromatic heterocycles. The van der Waals surface area contributed by atoms with Crippen LogP contribution in [-0.2, 0) is 16.3 Å². The predicted molar refractivity (Wildman–Crippen MR) is 89.5 cm³/mol. The van der Waals surface area contributed by atoms with Crippen molar-refractivity contribution < 1.29 is 40.2 Å². The SMILES string of the molecule is O=S(=O)(c1ccc(Oc2cccc3[nH]ncc23)c2c1[C@H](O)C(F)(F)C2)C(F)(F)F. The van der Waals surface area contributed by atoms with Crippen molar-refractivity contribution in [2.75, 3.05) is 0 Å². The van der Waals surface area contributed by atoms with Crippen molar-refractivity contribution in [3.05, 3.63) is 47.7 Å². The molecule has 0 saturated carbocycles. The Balaban J connectivity index is 1.90. The molecule has 0 bridgehead atoms. The number of nitrogens with one attached hydrogen (secondary N) is 1. The number of fused-ring (bicyclic) bond motifs is 2. The van der Waals surface area contributed by atoms with E-state index in [0.29, 0.717) is 17.0 Å². The average Bonchev–Trinajstić information content (AvgIpc) is 3.18. The van der Waals surface area contributed by atoms with E-state index >= 15 is 0 Å². The highest BCUT2D eigenvalue weighted by Crippen LogP contribution is 2.51. The number of sulfone groups is 1. The van der Waals surface area contributed by atoms with E-state index in [1.54, 1.807) is 12.1 Å². The van der Waals surface area contributed by atoms with Crippen molar-refractivity contribution in [2.45, 2.75) is 28.9 Å². The van der Waals surface area contributed by atoms with Crippen LogP contribution >= 0.6 is 0 Å². The van der Waals surface area contributed by atoms with Crippen LogP contribution in [0.3, 0.4) is 0 Å². The molecule has 2 N–H and O–H groups in total. The maximum atomic E-state index is 14.1. The van der Waals surface area contributed by atoms with E-state index in [1.807, 2.05) is 0 Å². The topological polar surface area (TPSA) is 92.3 Å². The summed E-state index contributed by atoms with van der Waals surface area (Å²) < 4.78 is 96.5. The quantitative estimate of drug-likeness (QED) is 0.611. The van der Waals surface area contributed by atoms with Gasteiger partial charge in [0.15, 0.2) is 0 Å². The third-order valence-corrected chi connectivity index (χ3v) is 6.16. The molecule has 0 aliphatic heterocycles. The van der Waals surface area contributed by atoms with Crippen LogP contribution in [0.5, 0.6) is 11.5 Å². The molecule has 29 heavy (non-hydrogen) atoms. The smallest absolute Gasteiger partial charge is 0.456 e. The first-order chi connectivity index (χ1) is 13.4. The number of aliphatic hydroxyl groups is 1. The number of hydrogen-bond donors (Lipinski definition) is 2. The summed E-state index contributed by atoms with van der Waals surface area (Å²) in [4.78, 5) is -1.42. The molecule has 0 spiro atoms. The molecule has 12 heteroatoms. The Morgan fingerprint density at radius 1 is 1.17 bits per heavy atom. The molecule has 0 unspecified atom stereocenters. The Kier molecular flexibility index (Phi) is 4.14. The van der Waals surface area contributed by atoms with Gasteiger partial charge in [0.1, 0.15) is 17.6 Å². The van der Waals surface area contributed by atoms with Gasteiger partial charge >= 0.3 is 5.51 Å². The molecule has 0 saturated heterocycles. The molecule has 1 atom stereocenters. The molecule has 2 aromatic carbocycles. The number of H-pyrrole nitrogens is 1. The van der Waals surface area contributed by atoms with Gasteiger partial charge in [0.05, 0.1) is 22.0 Å². The minimum Gasteiger partial charge on any atom is -0.456 e. The van der Waals surface area contributed by atoms with Gasteiger partial charge in [0.2, 0.25) is 0 Å². The van der Waals surface area contributed by atoms with Crippen LogP contribution < -0.4 is 4.74 Å². The summed E-state index contributed by atoms with van der Waals surface area (Å²) in [5, 5.41) is 16.9. The minimum absolute atomic E-state index is 0.162. The molecule has 3 aromatic rings. The first-order valence-electron chi connectivity index (χ1n) is 8.06. The zero-order valence-electron chi connectivity index (χ0n) is 14.2. The number of rotatable bonds is 3. The fraction of sp³-hybridized carbons (Fsp3) is 0.235. The van der Waals surface area contributed by atoms with Crippen molar-refractivity contribution in [3.8, 4) is 11.5 Å². The maximum Gasteiger partial charge on any atom is 0.501 e. The van der Waals surface area contributed by atoms with Crippen molar-refractivity contribution in [3.63, 3.8) is 0 Å². The highest BCUT2D eigenvalue weighted by atomic mass is 32.2. The Morgan fingerprint density at radius 2 is 1.90 bits per heavy atom. The fourth-order valence-electron chi connectivity index (χ4n) is 3.25. The molecule has 154 valence electrons. The summed E-state index contributed by atoms with van der Waals surface area (Å²) in [6, 6.07) is 6.09. The van der Waals surface area contributed by atoms with Crippen LogP contribution in [0.1, 0.15) is 17.2 Å². The number of halogens is 5. The highest BCUT2D eigenvalue weighted by molar-refractivity contribution is 7.92. The van der Waals surface area contributed by atoms with Gasteiger partial charge in [0.25, 0.3) is 15.8 Å². The van der Waals surface area contributed by atoms with Crippen LogP contribution in [0, 0.1) is 0 Å². The van der Waals surface area contributed by atoms with E-state index in [4.69, 9.17) is 4.74 Å². The van der Waals surface area contributed by atoms with Gasteiger partial charge in [-0.2, -0.15) is 18.3 Å². The molecule has 6 nitrogen and oxygen atoms in total. The number of benzene rings is 2. The first kappa shape index (κ1) is 19.6. The van der Waals surface area contributed by atoms with Gasteiger partial charge in [-0.3, -0.25) is 5.10 Å². The number of nitrogens with zero attached hydrogens (tertiary/aromatic N) is 1. The second kappa shape index (κ2) is 6.13. The molecule has 1 heterocycles. The summed E-state index contributed by atoms with van der Waals surface area (Å²) in [6.45, 7) is 0. The van der Waals surface area contributed by atoms with Gasteiger partial charge < -0.3 is 9.84 Å². The second-order valence-corrected chi connectivity index (χ2v) is 8.34. The average molecular weight is 434 g/mol. The first-order valence-corrected chi connectivity index (χ1v) is 9.55. The molecule has 1 aliphatic carbocycles. The number of alkyl halides is 5. The lowest BCUT2D eigenvalue weighted by Gasteiger charge is -2.17. The molecular weight excluding hydrogens is 423 g/mol. The lowest BCUT2D eigenvalue weighted by atomic mass is 10.1. The summed E-state index contributed by atoms with van der Waals surface area (Å²) in [6.07, 6.45) is -2.50. The molecule has 4 rings (SSSR count). The van der Waals surface area contributed by atoms with Crippen LogP contribution in [-0.4, -0.2) is 35.2 Å². The predicted octanol–water partition coefficient (Wildman–Crippen LogP) is 3.87. The fourth-order valence-corrected chi connectivity index (χ4v) is 4.27. The minimum atomic E-state index is -5.96. The Labute approximate surface area is 159 Å². The second-order valence-electron chi connectivity index (χ2n) is 6.43. The van der Waals surface area contributed by atoms with Gasteiger partial charge in [-0.05, 0) is 24.3 Å². The van der Waals surface area contributed by atoms with E-state index in [1.165, 1.54) is 12.3 Å². The Bertz CT molecular complexity index is 1220. The Morgan fingerprint density at radius 3 is 2.59 bits per heavy atom. The highest BCUT2D eigenvalue weighted by Gasteiger charge is 2.55. The van der Waals surface area contributed by atoms with E-state index < -0.39 is 49.8 Å². The largest absolute Gasteiger partial charge is 0.501 e. The Hall–Kier alpha value is -2.73. The van der Waals surface area contributed by atoms with E-state index in [-0.39, 0.29) is 11.5 Å². The summed E-state index contributed by atoms with van der Waals surface area (Å²) in [5.41, 5.74) is -6.68. The van der Waals surface area contributed by atoms with Crippen LogP contribution in [0.4, 0.5) is 22.0 Å². The zero-order valence-corrected chi connectivity index (χ0v) is 15.0. The van der Waals surface area contributed by atoms with Crippen molar-refractivity contribution in [1.29, 1.82) is 0 Å². The van der Waals surface area contributed by atoms with Gasteiger partial charge in [-0.15, -0.1) is 0 Å². The van der Waals surface area contributed by atoms with Gasteiger partial charge in [-0.25, -0.2) is 17.2 Å². The molecule has 0 radical (unpaired) electrons. The lowest BCUT2D eigenvalue weighted by Crippen LogP contribution is -2.26. The van der Waals surface area contributed by atoms with E-state index in [2.05, 4.69) is 10.2 Å². The molecule has 1 aliphatic rings. The van der Waals surface area contributed by atoms with Gasteiger partial charge in [-0.1, -0.05) is 6.07 Å². The third-order valence-electron chi connectivity index (χ3n) is 4.62. The number of aliphatic hydroxyl groups excluding tert-OH is 1. The van der Waals surface area contributed by atoms with E-state index in [9.17, 15) is 35.5 Å². The normalized spacial score (nSPS) is 18.8. The zero-order chi connectivity index (χ0) is 21.2.